The average Bonchev–Trinajstić information content (AvgIpc) is 3.09. The van der Waals surface area contributed by atoms with Crippen LogP contribution in [0.3, 0.4) is 0 Å². The maximum Gasteiger partial charge on any atom is 0.415 e. The number of nitrogens with zero attached hydrogens (tertiary/aromatic N) is 2. The van der Waals surface area contributed by atoms with Gasteiger partial charge in [0, 0.05) is 19.2 Å². The van der Waals surface area contributed by atoms with Gasteiger partial charge < -0.3 is 9.64 Å². The molecule has 0 radical (unpaired) electrons. The summed E-state index contributed by atoms with van der Waals surface area (Å²) in [5, 5.41) is 0. The van der Waals surface area contributed by atoms with Gasteiger partial charge in [0.2, 0.25) is 0 Å². The number of hydrogen-bond acceptors (Lipinski definition) is 2. The van der Waals surface area contributed by atoms with E-state index in [1.54, 1.807) is 0 Å². The quantitative estimate of drug-likeness (QED) is 0.762. The molecule has 1 amide bonds. The molecule has 4 nitrogen and oxygen atoms in total. The van der Waals surface area contributed by atoms with Gasteiger partial charge in [0.15, 0.2) is 11.4 Å². The Morgan fingerprint density at radius 1 is 1.04 bits per heavy atom. The SMILES string of the molecule is C[N+](C)(C)c1cc(C2CCCC2)ccc1OC(=O)N1CCCCC1. The largest absolute Gasteiger partial charge is 0.415 e. The fraction of sp³-hybridized carbons (Fsp3) is 0.650. The lowest BCUT2D eigenvalue weighted by atomic mass is 9.96. The van der Waals surface area contributed by atoms with Crippen molar-refractivity contribution >= 4 is 11.8 Å². The van der Waals surface area contributed by atoms with E-state index in [0.717, 1.165) is 31.6 Å². The molecule has 3 rings (SSSR count). The third-order valence-corrected chi connectivity index (χ3v) is 5.34. The average molecular weight is 331 g/mol. The van der Waals surface area contributed by atoms with E-state index in [9.17, 15) is 4.79 Å². The molecule has 0 atom stereocenters. The van der Waals surface area contributed by atoms with E-state index in [1.165, 1.54) is 37.7 Å². The fourth-order valence-corrected chi connectivity index (χ4v) is 3.89. The predicted molar refractivity (Wildman–Crippen MR) is 98.7 cm³/mol. The van der Waals surface area contributed by atoms with Gasteiger partial charge in [-0.25, -0.2) is 4.79 Å². The minimum atomic E-state index is -0.196. The smallest absolute Gasteiger partial charge is 0.404 e. The highest BCUT2D eigenvalue weighted by molar-refractivity contribution is 5.73. The Labute approximate surface area is 146 Å². The Bertz CT molecular complexity index is 580. The second-order valence-electron chi connectivity index (χ2n) is 8.14. The number of ether oxygens (including phenoxy) is 1. The number of amides is 1. The van der Waals surface area contributed by atoms with Crippen molar-refractivity contribution in [3.8, 4) is 5.75 Å². The Morgan fingerprint density at radius 3 is 2.33 bits per heavy atom. The number of piperidine rings is 1. The molecule has 1 heterocycles. The Balaban J connectivity index is 1.81. The zero-order valence-electron chi connectivity index (χ0n) is 15.4. The van der Waals surface area contributed by atoms with Crippen LogP contribution in [0.4, 0.5) is 10.5 Å². The van der Waals surface area contributed by atoms with Gasteiger partial charge in [0.25, 0.3) is 0 Å². The van der Waals surface area contributed by atoms with Crippen LogP contribution in [-0.2, 0) is 0 Å². The van der Waals surface area contributed by atoms with Crippen LogP contribution in [0.5, 0.6) is 5.75 Å². The molecular formula is C20H31N2O2+. The summed E-state index contributed by atoms with van der Waals surface area (Å²) in [6.07, 6.45) is 8.40. The molecular weight excluding hydrogens is 300 g/mol. The van der Waals surface area contributed by atoms with Crippen LogP contribution in [-0.4, -0.2) is 45.2 Å². The van der Waals surface area contributed by atoms with Crippen molar-refractivity contribution < 1.29 is 9.53 Å². The molecule has 1 aromatic carbocycles. The molecule has 2 aliphatic rings. The third-order valence-electron chi connectivity index (χ3n) is 5.34. The molecule has 2 fully saturated rings. The maximum atomic E-state index is 12.5. The van der Waals surface area contributed by atoms with Gasteiger partial charge in [-0.3, -0.25) is 4.48 Å². The Morgan fingerprint density at radius 2 is 1.71 bits per heavy atom. The number of quaternary nitrogens is 1. The topological polar surface area (TPSA) is 29.5 Å². The van der Waals surface area contributed by atoms with Crippen molar-refractivity contribution in [1.82, 2.24) is 9.38 Å². The summed E-state index contributed by atoms with van der Waals surface area (Å²) >= 11 is 0. The van der Waals surface area contributed by atoms with Crippen LogP contribution in [0.1, 0.15) is 56.4 Å². The predicted octanol–water partition coefficient (Wildman–Crippen LogP) is 4.53. The van der Waals surface area contributed by atoms with Crippen molar-refractivity contribution in [2.75, 3.05) is 34.2 Å². The van der Waals surface area contributed by atoms with Crippen LogP contribution in [0.2, 0.25) is 0 Å². The number of benzene rings is 1. The summed E-state index contributed by atoms with van der Waals surface area (Å²) in [5.74, 6) is 1.38. The van der Waals surface area contributed by atoms with E-state index in [-0.39, 0.29) is 6.09 Å². The molecule has 1 saturated heterocycles. The number of likely N-dealkylation sites (tertiary alicyclic amines) is 1. The van der Waals surface area contributed by atoms with E-state index in [4.69, 9.17) is 4.74 Å². The molecule has 4 heteroatoms. The van der Waals surface area contributed by atoms with Gasteiger partial charge in [0.1, 0.15) is 0 Å². The van der Waals surface area contributed by atoms with Crippen LogP contribution < -0.4 is 9.22 Å². The molecule has 1 saturated carbocycles. The summed E-state index contributed by atoms with van der Waals surface area (Å²) in [6, 6.07) is 6.43. The molecule has 24 heavy (non-hydrogen) atoms. The lowest BCUT2D eigenvalue weighted by molar-refractivity contribution is 0.142. The second kappa shape index (κ2) is 7.14. The highest BCUT2D eigenvalue weighted by Gasteiger charge is 2.26. The van der Waals surface area contributed by atoms with E-state index in [2.05, 4.69) is 33.3 Å². The summed E-state index contributed by atoms with van der Waals surface area (Å²) < 4.78 is 6.46. The van der Waals surface area contributed by atoms with Crippen LogP contribution >= 0.6 is 0 Å². The summed E-state index contributed by atoms with van der Waals surface area (Å²) in [7, 11) is 6.39. The lowest BCUT2D eigenvalue weighted by Crippen LogP contribution is -2.39. The van der Waals surface area contributed by atoms with Crippen LogP contribution in [0.15, 0.2) is 18.2 Å². The summed E-state index contributed by atoms with van der Waals surface area (Å²) in [5.41, 5.74) is 2.48. The third kappa shape index (κ3) is 3.92. The highest BCUT2D eigenvalue weighted by Crippen LogP contribution is 2.39. The van der Waals surface area contributed by atoms with Crippen molar-refractivity contribution in [3.05, 3.63) is 23.8 Å². The van der Waals surface area contributed by atoms with E-state index >= 15 is 0 Å². The Kier molecular flexibility index (Phi) is 5.14. The van der Waals surface area contributed by atoms with Gasteiger partial charge in [-0.2, -0.15) is 0 Å². The van der Waals surface area contributed by atoms with Crippen molar-refractivity contribution in [2.24, 2.45) is 0 Å². The van der Waals surface area contributed by atoms with Gasteiger partial charge >= 0.3 is 6.09 Å². The Hall–Kier alpha value is -1.55. The van der Waals surface area contributed by atoms with Gasteiger partial charge in [-0.1, -0.05) is 18.9 Å². The van der Waals surface area contributed by atoms with E-state index in [0.29, 0.717) is 16.2 Å². The molecule has 132 valence electrons. The van der Waals surface area contributed by atoms with Crippen molar-refractivity contribution in [1.29, 1.82) is 0 Å². The summed E-state index contributed by atoms with van der Waals surface area (Å²) in [6.45, 7) is 1.64. The first-order chi connectivity index (χ1) is 11.4. The van der Waals surface area contributed by atoms with Crippen molar-refractivity contribution in [3.63, 3.8) is 0 Å². The molecule has 0 N–H and O–H groups in total. The monoisotopic (exact) mass is 331 g/mol. The first-order valence-corrected chi connectivity index (χ1v) is 9.38. The van der Waals surface area contributed by atoms with Crippen LogP contribution in [0.25, 0.3) is 0 Å². The molecule has 1 aromatic rings. The first-order valence-electron chi connectivity index (χ1n) is 9.38. The van der Waals surface area contributed by atoms with Gasteiger partial charge in [-0.15, -0.1) is 0 Å². The summed E-state index contributed by atoms with van der Waals surface area (Å²) in [4.78, 5) is 14.3. The normalized spacial score (nSPS) is 19.5. The molecule has 1 aliphatic heterocycles. The number of carbonyl (C=O) groups excluding carboxylic acids is 1. The lowest BCUT2D eigenvalue weighted by Gasteiger charge is -2.29. The van der Waals surface area contributed by atoms with E-state index in [1.807, 2.05) is 11.0 Å². The minimum Gasteiger partial charge on any atom is -0.404 e. The molecule has 0 aromatic heterocycles. The minimum absolute atomic E-state index is 0.196. The van der Waals surface area contributed by atoms with Crippen LogP contribution in [0, 0.1) is 0 Å². The molecule has 0 unspecified atom stereocenters. The zero-order valence-corrected chi connectivity index (χ0v) is 15.4. The number of carbonyl (C=O) groups is 1. The van der Waals surface area contributed by atoms with E-state index < -0.39 is 0 Å². The fourth-order valence-electron chi connectivity index (χ4n) is 3.89. The molecule has 0 spiro atoms. The highest BCUT2D eigenvalue weighted by atomic mass is 16.6. The zero-order chi connectivity index (χ0) is 17.2. The molecule has 0 bridgehead atoms. The van der Waals surface area contributed by atoms with Gasteiger partial charge in [0.05, 0.1) is 21.1 Å². The molecule has 1 aliphatic carbocycles. The van der Waals surface area contributed by atoms with Crippen molar-refractivity contribution in [2.45, 2.75) is 50.9 Å². The second-order valence-corrected chi connectivity index (χ2v) is 8.14. The number of rotatable bonds is 3. The first kappa shape index (κ1) is 17.3. The number of hydrogen-bond donors (Lipinski definition) is 0. The standard InChI is InChI=1S/C20H31N2O2/c1-22(2,3)18-15-17(16-9-5-6-10-16)11-12-19(18)24-20(23)21-13-7-4-8-14-21/h11-12,15-16H,4-10,13-14H2,1-3H3/q+1. The maximum absolute atomic E-state index is 12.5. The van der Waals surface area contributed by atoms with Gasteiger partial charge in [-0.05, 0) is 49.7 Å².